The molecule has 1 heterocycles. The zero-order chi connectivity index (χ0) is 27.2. The molecule has 0 saturated carbocycles. The molecule has 2 unspecified atom stereocenters. The van der Waals surface area contributed by atoms with Crippen LogP contribution in [0.2, 0.25) is 0 Å². The monoisotopic (exact) mass is 537 g/mol. The van der Waals surface area contributed by atoms with E-state index in [1.165, 1.54) is 193 Å². The summed E-state index contributed by atoms with van der Waals surface area (Å²) in [5, 5.41) is 0. The third kappa shape index (κ3) is 24.9. The van der Waals surface area contributed by atoms with Gasteiger partial charge in [0.15, 0.2) is 0 Å². The summed E-state index contributed by atoms with van der Waals surface area (Å²) in [6.45, 7) is 6.62. The molecule has 0 amide bonds. The highest BCUT2D eigenvalue weighted by Gasteiger charge is 2.16. The van der Waals surface area contributed by atoms with Crippen LogP contribution in [0.15, 0.2) is 0 Å². The smallest absolute Gasteiger partial charge is 0.0597 e. The average molecular weight is 537 g/mol. The van der Waals surface area contributed by atoms with Gasteiger partial charge in [0.2, 0.25) is 0 Å². The molecule has 0 N–H and O–H groups in total. The summed E-state index contributed by atoms with van der Waals surface area (Å²) in [5.74, 6) is 0. The first-order valence-electron chi connectivity index (χ1n) is 18.1. The van der Waals surface area contributed by atoms with E-state index in [0.717, 1.165) is 13.2 Å². The van der Waals surface area contributed by atoms with Gasteiger partial charge >= 0.3 is 0 Å². The second-order valence-electron chi connectivity index (χ2n) is 12.6. The molecule has 2 heteroatoms. The van der Waals surface area contributed by atoms with Gasteiger partial charge in [-0.25, -0.2) is 0 Å². The molecule has 1 aliphatic rings. The van der Waals surface area contributed by atoms with Crippen LogP contribution in [-0.2, 0) is 9.47 Å². The van der Waals surface area contributed by atoms with Crippen molar-refractivity contribution in [2.24, 2.45) is 0 Å². The number of rotatable bonds is 32. The van der Waals surface area contributed by atoms with Crippen LogP contribution >= 0.6 is 0 Å². The molecule has 1 fully saturated rings. The van der Waals surface area contributed by atoms with Crippen LogP contribution in [0.4, 0.5) is 0 Å². The second-order valence-corrected chi connectivity index (χ2v) is 12.6. The minimum atomic E-state index is 0.527. The SMILES string of the molecule is CCCCCCCCCCCCCCCCOC(CCCCCCCC)CCCCCCCCC1CCO1. The predicted octanol–water partition coefficient (Wildman–Crippen LogP) is 12.5. The highest BCUT2D eigenvalue weighted by molar-refractivity contribution is 4.66. The molecule has 0 aromatic heterocycles. The fourth-order valence-electron chi connectivity index (χ4n) is 5.97. The largest absolute Gasteiger partial charge is 0.378 e. The molecule has 1 aliphatic heterocycles. The Hall–Kier alpha value is -0.0800. The van der Waals surface area contributed by atoms with Crippen molar-refractivity contribution in [2.45, 2.75) is 219 Å². The van der Waals surface area contributed by atoms with Crippen LogP contribution in [0.1, 0.15) is 206 Å². The minimum absolute atomic E-state index is 0.527. The quantitative estimate of drug-likeness (QED) is 0.0796. The van der Waals surface area contributed by atoms with Crippen LogP contribution in [0.5, 0.6) is 0 Å². The van der Waals surface area contributed by atoms with Crippen molar-refractivity contribution >= 4 is 0 Å². The molecule has 1 rings (SSSR count). The van der Waals surface area contributed by atoms with Crippen LogP contribution < -0.4 is 0 Å². The zero-order valence-electron chi connectivity index (χ0n) is 26.6. The molecule has 0 aliphatic carbocycles. The van der Waals surface area contributed by atoms with Crippen molar-refractivity contribution in [3.05, 3.63) is 0 Å². The molecule has 1 saturated heterocycles. The molecular formula is C36H72O2. The summed E-state index contributed by atoms with van der Waals surface area (Å²) in [6.07, 6.45) is 43.1. The van der Waals surface area contributed by atoms with Crippen LogP contribution in [0, 0.1) is 0 Å². The van der Waals surface area contributed by atoms with E-state index >= 15 is 0 Å². The topological polar surface area (TPSA) is 18.5 Å². The Balaban J connectivity index is 1.97. The number of hydrogen-bond donors (Lipinski definition) is 0. The molecule has 2 nitrogen and oxygen atoms in total. The van der Waals surface area contributed by atoms with Gasteiger partial charge in [-0.15, -0.1) is 0 Å². The standard InChI is InChI=1S/C36H72O2/c1-3-5-7-9-11-12-13-14-15-16-17-20-24-28-33-37-35(29-25-21-10-8-6-4-2)30-26-22-18-19-23-27-31-36-32-34-38-36/h35-36H,3-34H2,1-2H3. The van der Waals surface area contributed by atoms with Crippen molar-refractivity contribution < 1.29 is 9.47 Å². The zero-order valence-corrected chi connectivity index (χ0v) is 26.6. The van der Waals surface area contributed by atoms with Crippen molar-refractivity contribution in [1.82, 2.24) is 0 Å². The van der Waals surface area contributed by atoms with Gasteiger partial charge in [0.05, 0.1) is 12.2 Å². The van der Waals surface area contributed by atoms with E-state index in [2.05, 4.69) is 13.8 Å². The summed E-state index contributed by atoms with van der Waals surface area (Å²) in [5.41, 5.74) is 0. The molecule has 0 spiro atoms. The van der Waals surface area contributed by atoms with Crippen LogP contribution in [-0.4, -0.2) is 25.4 Å². The van der Waals surface area contributed by atoms with Gasteiger partial charge in [-0.05, 0) is 32.1 Å². The van der Waals surface area contributed by atoms with Gasteiger partial charge in [0.1, 0.15) is 0 Å². The Morgan fingerprint density at radius 2 is 0.868 bits per heavy atom. The van der Waals surface area contributed by atoms with E-state index in [1.807, 2.05) is 0 Å². The van der Waals surface area contributed by atoms with Crippen molar-refractivity contribution in [2.75, 3.05) is 13.2 Å². The van der Waals surface area contributed by atoms with Crippen LogP contribution in [0.25, 0.3) is 0 Å². The van der Waals surface area contributed by atoms with Gasteiger partial charge in [0, 0.05) is 13.2 Å². The molecule has 0 bridgehead atoms. The lowest BCUT2D eigenvalue weighted by Gasteiger charge is -2.26. The van der Waals surface area contributed by atoms with Crippen molar-refractivity contribution in [3.8, 4) is 0 Å². The summed E-state index contributed by atoms with van der Waals surface area (Å²) in [6, 6.07) is 0. The average Bonchev–Trinajstić information content (AvgIpc) is 2.90. The van der Waals surface area contributed by atoms with Crippen LogP contribution in [0.3, 0.4) is 0 Å². The summed E-state index contributed by atoms with van der Waals surface area (Å²) < 4.78 is 12.0. The molecule has 38 heavy (non-hydrogen) atoms. The summed E-state index contributed by atoms with van der Waals surface area (Å²) in [4.78, 5) is 0. The molecule has 0 radical (unpaired) electrons. The third-order valence-corrected chi connectivity index (χ3v) is 8.83. The van der Waals surface area contributed by atoms with Gasteiger partial charge in [-0.3, -0.25) is 0 Å². The Labute approximate surface area is 241 Å². The van der Waals surface area contributed by atoms with Gasteiger partial charge < -0.3 is 9.47 Å². The highest BCUT2D eigenvalue weighted by Crippen LogP contribution is 2.20. The first kappa shape index (κ1) is 35.9. The fourth-order valence-corrected chi connectivity index (χ4v) is 5.97. The van der Waals surface area contributed by atoms with E-state index in [9.17, 15) is 0 Å². The first-order chi connectivity index (χ1) is 18.9. The third-order valence-electron chi connectivity index (χ3n) is 8.83. The molecule has 228 valence electrons. The van der Waals surface area contributed by atoms with E-state index in [0.29, 0.717) is 12.2 Å². The lowest BCUT2D eigenvalue weighted by molar-refractivity contribution is -0.0556. The fraction of sp³-hybridized carbons (Fsp3) is 1.00. The molecule has 0 aromatic rings. The van der Waals surface area contributed by atoms with Gasteiger partial charge in [-0.2, -0.15) is 0 Å². The Morgan fingerprint density at radius 3 is 1.26 bits per heavy atom. The normalized spacial score (nSPS) is 16.1. The molecule has 0 aromatic carbocycles. The first-order valence-corrected chi connectivity index (χ1v) is 18.1. The van der Waals surface area contributed by atoms with E-state index in [4.69, 9.17) is 9.47 Å². The van der Waals surface area contributed by atoms with E-state index in [1.54, 1.807) is 0 Å². The summed E-state index contributed by atoms with van der Waals surface area (Å²) >= 11 is 0. The maximum atomic E-state index is 6.45. The highest BCUT2D eigenvalue weighted by atomic mass is 16.5. The maximum absolute atomic E-state index is 6.45. The molecular weight excluding hydrogens is 464 g/mol. The Kier molecular flexibility index (Phi) is 28.3. The van der Waals surface area contributed by atoms with Crippen molar-refractivity contribution in [1.29, 1.82) is 0 Å². The maximum Gasteiger partial charge on any atom is 0.0597 e. The van der Waals surface area contributed by atoms with Crippen molar-refractivity contribution in [3.63, 3.8) is 0 Å². The number of hydrogen-bond acceptors (Lipinski definition) is 2. The Bertz CT molecular complexity index is 433. The predicted molar refractivity (Wildman–Crippen MR) is 169 cm³/mol. The minimum Gasteiger partial charge on any atom is -0.378 e. The van der Waals surface area contributed by atoms with Gasteiger partial charge in [0.25, 0.3) is 0 Å². The number of ether oxygens (including phenoxy) is 2. The second kappa shape index (κ2) is 29.9. The number of unbranched alkanes of at least 4 members (excludes halogenated alkanes) is 23. The lowest BCUT2D eigenvalue weighted by Crippen LogP contribution is -2.26. The van der Waals surface area contributed by atoms with E-state index in [-0.39, 0.29) is 0 Å². The Morgan fingerprint density at radius 1 is 0.500 bits per heavy atom. The lowest BCUT2D eigenvalue weighted by atomic mass is 10.0. The van der Waals surface area contributed by atoms with Gasteiger partial charge in [-0.1, -0.05) is 174 Å². The summed E-state index contributed by atoms with van der Waals surface area (Å²) in [7, 11) is 0. The molecule has 2 atom stereocenters. The van der Waals surface area contributed by atoms with E-state index < -0.39 is 0 Å².